The molecule has 0 aliphatic heterocycles. The normalized spacial score (nSPS) is 10.3. The molecule has 0 aliphatic rings. The van der Waals surface area contributed by atoms with Crippen LogP contribution in [0.3, 0.4) is 0 Å². The molecule has 0 saturated heterocycles. The second kappa shape index (κ2) is 3.05. The number of rotatable bonds is 1. The number of aromatic nitrogens is 2. The van der Waals surface area contributed by atoms with Gasteiger partial charge < -0.3 is 4.98 Å². The van der Waals surface area contributed by atoms with Gasteiger partial charge in [0, 0.05) is 29.3 Å². The van der Waals surface area contributed by atoms with Crippen LogP contribution in [0, 0.1) is 13.8 Å². The van der Waals surface area contributed by atoms with Gasteiger partial charge in [0.05, 0.1) is 0 Å². The first kappa shape index (κ1) is 8.05. The van der Waals surface area contributed by atoms with Crippen LogP contribution in [0.5, 0.6) is 0 Å². The minimum Gasteiger partial charge on any atom is -0.359 e. The largest absolute Gasteiger partial charge is 0.359 e. The number of aromatic amines is 1. The topological polar surface area (TPSA) is 28.7 Å². The van der Waals surface area contributed by atoms with Crippen molar-refractivity contribution in [3.05, 3.63) is 41.9 Å². The molecular weight excluding hydrogens is 160 g/mol. The molecule has 0 saturated carbocycles. The third kappa shape index (κ3) is 1.47. The van der Waals surface area contributed by atoms with Crippen molar-refractivity contribution in [1.82, 2.24) is 9.97 Å². The Balaban J connectivity index is 2.52. The van der Waals surface area contributed by atoms with Gasteiger partial charge in [-0.2, -0.15) is 0 Å². The molecule has 66 valence electrons. The van der Waals surface area contributed by atoms with Crippen molar-refractivity contribution in [3.8, 4) is 11.3 Å². The van der Waals surface area contributed by atoms with Crippen molar-refractivity contribution in [1.29, 1.82) is 0 Å². The first-order chi connectivity index (χ1) is 6.27. The molecule has 1 N–H and O–H groups in total. The Morgan fingerprint density at radius 3 is 2.62 bits per heavy atom. The lowest BCUT2D eigenvalue weighted by Gasteiger charge is -2.01. The molecule has 0 radical (unpaired) electrons. The average molecular weight is 172 g/mol. The monoisotopic (exact) mass is 172 g/mol. The van der Waals surface area contributed by atoms with E-state index in [2.05, 4.69) is 35.9 Å². The third-order valence-corrected chi connectivity index (χ3v) is 2.16. The van der Waals surface area contributed by atoms with Crippen molar-refractivity contribution < 1.29 is 0 Å². The van der Waals surface area contributed by atoms with E-state index in [1.165, 1.54) is 16.8 Å². The van der Waals surface area contributed by atoms with Gasteiger partial charge in [0.2, 0.25) is 0 Å². The summed E-state index contributed by atoms with van der Waals surface area (Å²) in [6.07, 6.45) is 3.70. The fraction of sp³-hybridized carbons (Fsp3) is 0.182. The SMILES string of the molecule is Cc1ccc(-c2cnccc2C)[nH]1. The molecule has 0 aromatic carbocycles. The molecule has 2 heteroatoms. The summed E-state index contributed by atoms with van der Waals surface area (Å²) in [5, 5.41) is 0. The summed E-state index contributed by atoms with van der Waals surface area (Å²) >= 11 is 0. The molecule has 0 spiro atoms. The second-order valence-electron chi connectivity index (χ2n) is 3.25. The maximum absolute atomic E-state index is 4.11. The molecule has 0 aliphatic carbocycles. The Labute approximate surface area is 77.6 Å². The van der Waals surface area contributed by atoms with Crippen LogP contribution >= 0.6 is 0 Å². The summed E-state index contributed by atoms with van der Waals surface area (Å²) in [6, 6.07) is 6.17. The Bertz CT molecular complexity index is 416. The Hall–Kier alpha value is -1.57. The van der Waals surface area contributed by atoms with Gasteiger partial charge in [-0.3, -0.25) is 4.98 Å². The zero-order valence-corrected chi connectivity index (χ0v) is 7.83. The summed E-state index contributed by atoms with van der Waals surface area (Å²) in [4.78, 5) is 7.40. The van der Waals surface area contributed by atoms with E-state index in [-0.39, 0.29) is 0 Å². The lowest BCUT2D eigenvalue weighted by molar-refractivity contribution is 1.23. The smallest absolute Gasteiger partial charge is 0.0474 e. The first-order valence-corrected chi connectivity index (χ1v) is 4.34. The quantitative estimate of drug-likeness (QED) is 0.704. The zero-order valence-electron chi connectivity index (χ0n) is 7.83. The van der Waals surface area contributed by atoms with Gasteiger partial charge >= 0.3 is 0 Å². The van der Waals surface area contributed by atoms with Crippen LogP contribution in [0.4, 0.5) is 0 Å². The van der Waals surface area contributed by atoms with E-state index in [1.54, 1.807) is 0 Å². The summed E-state index contributed by atoms with van der Waals surface area (Å²) in [6.45, 7) is 4.14. The highest BCUT2D eigenvalue weighted by Gasteiger charge is 2.01. The third-order valence-electron chi connectivity index (χ3n) is 2.16. The highest BCUT2D eigenvalue weighted by Crippen LogP contribution is 2.20. The molecule has 0 unspecified atom stereocenters. The van der Waals surface area contributed by atoms with Crippen molar-refractivity contribution >= 4 is 0 Å². The van der Waals surface area contributed by atoms with Crippen molar-refractivity contribution in [3.63, 3.8) is 0 Å². The van der Waals surface area contributed by atoms with Crippen molar-refractivity contribution in [2.45, 2.75) is 13.8 Å². The van der Waals surface area contributed by atoms with Crippen molar-refractivity contribution in [2.75, 3.05) is 0 Å². The van der Waals surface area contributed by atoms with Crippen LogP contribution < -0.4 is 0 Å². The van der Waals surface area contributed by atoms with Crippen LogP contribution in [0.2, 0.25) is 0 Å². The molecule has 0 amide bonds. The van der Waals surface area contributed by atoms with E-state index in [1.807, 2.05) is 18.5 Å². The van der Waals surface area contributed by atoms with Crippen LogP contribution in [0.25, 0.3) is 11.3 Å². The minimum atomic E-state index is 1.14. The molecule has 2 nitrogen and oxygen atoms in total. The van der Waals surface area contributed by atoms with Crippen LogP contribution in [0.1, 0.15) is 11.3 Å². The number of nitrogens with zero attached hydrogens (tertiary/aromatic N) is 1. The molecule has 2 aromatic heterocycles. The fourth-order valence-corrected chi connectivity index (χ4v) is 1.41. The Morgan fingerprint density at radius 1 is 1.15 bits per heavy atom. The minimum absolute atomic E-state index is 1.14. The molecular formula is C11H12N2. The van der Waals surface area contributed by atoms with E-state index in [9.17, 15) is 0 Å². The van der Waals surface area contributed by atoms with Gasteiger partial charge in [-0.25, -0.2) is 0 Å². The lowest BCUT2D eigenvalue weighted by atomic mass is 10.1. The number of aryl methyl sites for hydroxylation is 2. The number of nitrogens with one attached hydrogen (secondary N) is 1. The van der Waals surface area contributed by atoms with E-state index >= 15 is 0 Å². The molecule has 13 heavy (non-hydrogen) atoms. The van der Waals surface area contributed by atoms with Gasteiger partial charge in [0.1, 0.15) is 0 Å². The standard InChI is InChI=1S/C11H12N2/c1-8-5-6-12-7-10(8)11-4-3-9(2)13-11/h3-7,13H,1-2H3. The van der Waals surface area contributed by atoms with Gasteiger partial charge in [-0.1, -0.05) is 0 Å². The lowest BCUT2D eigenvalue weighted by Crippen LogP contribution is -1.84. The number of H-pyrrole nitrogens is 1. The summed E-state index contributed by atoms with van der Waals surface area (Å²) < 4.78 is 0. The Morgan fingerprint density at radius 2 is 2.00 bits per heavy atom. The number of hydrogen-bond acceptors (Lipinski definition) is 1. The fourth-order valence-electron chi connectivity index (χ4n) is 1.41. The second-order valence-corrected chi connectivity index (χ2v) is 3.25. The van der Waals surface area contributed by atoms with Crippen LogP contribution in [-0.2, 0) is 0 Å². The number of hydrogen-bond donors (Lipinski definition) is 1. The predicted octanol–water partition coefficient (Wildman–Crippen LogP) is 2.69. The van der Waals surface area contributed by atoms with E-state index < -0.39 is 0 Å². The van der Waals surface area contributed by atoms with Gasteiger partial charge in [0.15, 0.2) is 0 Å². The highest BCUT2D eigenvalue weighted by molar-refractivity contribution is 5.62. The van der Waals surface area contributed by atoms with Gasteiger partial charge in [0.25, 0.3) is 0 Å². The highest BCUT2D eigenvalue weighted by atomic mass is 14.7. The summed E-state index contributed by atoms with van der Waals surface area (Å²) in [5.41, 5.74) is 4.74. The maximum Gasteiger partial charge on any atom is 0.0474 e. The predicted molar refractivity (Wildman–Crippen MR) is 53.5 cm³/mol. The van der Waals surface area contributed by atoms with E-state index in [0.717, 1.165) is 5.69 Å². The zero-order chi connectivity index (χ0) is 9.26. The van der Waals surface area contributed by atoms with Gasteiger partial charge in [-0.15, -0.1) is 0 Å². The molecule has 2 heterocycles. The first-order valence-electron chi connectivity index (χ1n) is 4.34. The van der Waals surface area contributed by atoms with Crippen molar-refractivity contribution in [2.24, 2.45) is 0 Å². The molecule has 2 rings (SSSR count). The summed E-state index contributed by atoms with van der Waals surface area (Å²) in [5.74, 6) is 0. The Kier molecular flexibility index (Phi) is 1.89. The molecule has 0 fully saturated rings. The van der Waals surface area contributed by atoms with Gasteiger partial charge in [-0.05, 0) is 37.6 Å². The average Bonchev–Trinajstić information content (AvgIpc) is 2.53. The van der Waals surface area contributed by atoms with E-state index in [4.69, 9.17) is 0 Å². The summed E-state index contributed by atoms with van der Waals surface area (Å²) in [7, 11) is 0. The molecule has 0 atom stereocenters. The maximum atomic E-state index is 4.11. The van der Waals surface area contributed by atoms with Crippen LogP contribution in [0.15, 0.2) is 30.6 Å². The molecule has 0 bridgehead atoms. The van der Waals surface area contributed by atoms with Crippen LogP contribution in [-0.4, -0.2) is 9.97 Å². The van der Waals surface area contributed by atoms with E-state index in [0.29, 0.717) is 0 Å². The molecule has 2 aromatic rings. The number of pyridine rings is 1.